The van der Waals surface area contributed by atoms with Crippen molar-refractivity contribution in [2.45, 2.75) is 20.3 Å². The first-order valence-electron chi connectivity index (χ1n) is 6.50. The Bertz CT molecular complexity index is 570. The Labute approximate surface area is 132 Å². The maximum absolute atomic E-state index is 11.9. The average Bonchev–Trinajstić information content (AvgIpc) is 2.73. The number of benzene rings is 1. The molecule has 4 nitrogen and oxygen atoms in total. The van der Waals surface area contributed by atoms with Crippen LogP contribution < -0.4 is 10.7 Å². The van der Waals surface area contributed by atoms with Crippen molar-refractivity contribution in [2.75, 3.05) is 17.3 Å². The molecule has 0 saturated heterocycles. The molecular formula is C15H18IN3O. The van der Waals surface area contributed by atoms with Gasteiger partial charge >= 0.3 is 0 Å². The van der Waals surface area contributed by atoms with E-state index in [4.69, 9.17) is 0 Å². The van der Waals surface area contributed by atoms with Gasteiger partial charge in [0.1, 0.15) is 0 Å². The Hall–Kier alpha value is -1.50. The first-order chi connectivity index (χ1) is 9.56. The van der Waals surface area contributed by atoms with Gasteiger partial charge in [0, 0.05) is 33.6 Å². The van der Waals surface area contributed by atoms with Crippen molar-refractivity contribution < 1.29 is 4.79 Å². The van der Waals surface area contributed by atoms with Gasteiger partial charge in [-0.1, -0.05) is 0 Å². The minimum atomic E-state index is 0.00501. The molecule has 0 aliphatic rings. The highest BCUT2D eigenvalue weighted by Crippen LogP contribution is 2.11. The van der Waals surface area contributed by atoms with Crippen molar-refractivity contribution in [3.63, 3.8) is 0 Å². The van der Waals surface area contributed by atoms with E-state index >= 15 is 0 Å². The van der Waals surface area contributed by atoms with Gasteiger partial charge in [0.2, 0.25) is 5.91 Å². The van der Waals surface area contributed by atoms with Gasteiger partial charge in [0.05, 0.1) is 0 Å². The van der Waals surface area contributed by atoms with Gasteiger partial charge in [-0.25, -0.2) is 0 Å². The molecule has 0 saturated carbocycles. The van der Waals surface area contributed by atoms with Crippen LogP contribution in [0.25, 0.3) is 0 Å². The van der Waals surface area contributed by atoms with E-state index in [9.17, 15) is 4.79 Å². The second-order valence-corrected chi connectivity index (χ2v) is 5.92. The van der Waals surface area contributed by atoms with E-state index in [1.54, 1.807) is 0 Å². The third-order valence-electron chi connectivity index (χ3n) is 3.03. The van der Waals surface area contributed by atoms with Gasteiger partial charge in [0.25, 0.3) is 0 Å². The molecular weight excluding hydrogens is 365 g/mol. The predicted octanol–water partition coefficient (Wildman–Crippen LogP) is 3.28. The van der Waals surface area contributed by atoms with E-state index < -0.39 is 0 Å². The third-order valence-corrected chi connectivity index (χ3v) is 3.75. The Balaban J connectivity index is 1.80. The normalized spacial score (nSPS) is 10.3. The van der Waals surface area contributed by atoms with Crippen LogP contribution in [0, 0.1) is 17.4 Å². The van der Waals surface area contributed by atoms with E-state index in [0.717, 1.165) is 17.1 Å². The number of nitrogens with one attached hydrogen (secondary N) is 2. The lowest BCUT2D eigenvalue weighted by molar-refractivity contribution is -0.116. The lowest BCUT2D eigenvalue weighted by Crippen LogP contribution is -2.26. The molecule has 1 aromatic heterocycles. The summed E-state index contributed by atoms with van der Waals surface area (Å²) in [5.74, 6) is 0.00501. The number of halogens is 1. The molecule has 106 valence electrons. The van der Waals surface area contributed by atoms with Crippen molar-refractivity contribution in [1.82, 2.24) is 4.68 Å². The van der Waals surface area contributed by atoms with E-state index in [1.807, 2.05) is 54.9 Å². The summed E-state index contributed by atoms with van der Waals surface area (Å²) in [5, 5.41) is 3.24. The summed E-state index contributed by atoms with van der Waals surface area (Å²) < 4.78 is 3.01. The molecule has 0 radical (unpaired) electrons. The fourth-order valence-electron chi connectivity index (χ4n) is 1.91. The van der Waals surface area contributed by atoms with Crippen LogP contribution in [0.15, 0.2) is 36.4 Å². The number of aryl methyl sites for hydroxylation is 2. The number of carbonyl (C=O) groups is 1. The zero-order valence-corrected chi connectivity index (χ0v) is 13.8. The number of hydrogen-bond donors (Lipinski definition) is 2. The second kappa shape index (κ2) is 6.78. The van der Waals surface area contributed by atoms with Gasteiger partial charge in [-0.3, -0.25) is 14.9 Å². The molecule has 2 aromatic rings. The molecule has 0 fully saturated rings. The van der Waals surface area contributed by atoms with Crippen molar-refractivity contribution in [1.29, 1.82) is 0 Å². The molecule has 2 N–H and O–H groups in total. The van der Waals surface area contributed by atoms with E-state index in [0.29, 0.717) is 13.0 Å². The van der Waals surface area contributed by atoms with E-state index in [2.05, 4.69) is 33.3 Å². The van der Waals surface area contributed by atoms with Crippen LogP contribution in [-0.4, -0.2) is 17.1 Å². The van der Waals surface area contributed by atoms with Crippen LogP contribution in [0.5, 0.6) is 0 Å². The first-order valence-corrected chi connectivity index (χ1v) is 7.58. The summed E-state index contributed by atoms with van der Waals surface area (Å²) in [6.07, 6.45) is 0.434. The second-order valence-electron chi connectivity index (χ2n) is 4.67. The molecule has 1 amide bonds. The smallest absolute Gasteiger partial charge is 0.240 e. The highest BCUT2D eigenvalue weighted by Gasteiger charge is 2.05. The van der Waals surface area contributed by atoms with E-state index in [1.165, 1.54) is 3.57 Å². The minimum absolute atomic E-state index is 0.00501. The summed E-state index contributed by atoms with van der Waals surface area (Å²) >= 11 is 2.27. The minimum Gasteiger partial charge on any atom is -0.385 e. The van der Waals surface area contributed by atoms with E-state index in [-0.39, 0.29) is 5.91 Å². The first kappa shape index (κ1) is 14.9. The topological polar surface area (TPSA) is 46.1 Å². The van der Waals surface area contributed by atoms with Crippen LogP contribution in [0.1, 0.15) is 17.8 Å². The number of hydrogen-bond acceptors (Lipinski definition) is 2. The monoisotopic (exact) mass is 383 g/mol. The van der Waals surface area contributed by atoms with Crippen LogP contribution in [0.4, 0.5) is 5.69 Å². The molecule has 5 heteroatoms. The number of rotatable bonds is 5. The zero-order chi connectivity index (χ0) is 14.5. The van der Waals surface area contributed by atoms with Crippen molar-refractivity contribution >= 4 is 34.2 Å². The molecule has 0 bridgehead atoms. The molecule has 20 heavy (non-hydrogen) atoms. The predicted molar refractivity (Wildman–Crippen MR) is 90.5 cm³/mol. The molecule has 0 aliphatic heterocycles. The largest absolute Gasteiger partial charge is 0.385 e. The van der Waals surface area contributed by atoms with Crippen molar-refractivity contribution in [2.24, 2.45) is 0 Å². The summed E-state index contributed by atoms with van der Waals surface area (Å²) in [4.78, 5) is 11.9. The molecule has 0 unspecified atom stereocenters. The number of anilines is 1. The average molecular weight is 383 g/mol. The molecule has 0 atom stereocenters. The summed E-state index contributed by atoms with van der Waals surface area (Å²) in [6, 6.07) is 12.1. The van der Waals surface area contributed by atoms with Crippen molar-refractivity contribution in [3.05, 3.63) is 51.4 Å². The summed E-state index contributed by atoms with van der Waals surface area (Å²) in [5.41, 5.74) is 5.98. The van der Waals surface area contributed by atoms with Gasteiger partial charge in [-0.05, 0) is 72.8 Å². The Morgan fingerprint density at radius 2 is 1.70 bits per heavy atom. The highest BCUT2D eigenvalue weighted by molar-refractivity contribution is 14.1. The standard InChI is InChI=1S/C15H18IN3O/c1-11-3-4-12(2)19(11)18-15(20)9-10-17-14-7-5-13(16)6-8-14/h3-8,17H,9-10H2,1-2H3,(H,18,20). The van der Waals surface area contributed by atoms with Gasteiger partial charge in [-0.2, -0.15) is 0 Å². The fourth-order valence-corrected chi connectivity index (χ4v) is 2.27. The maximum atomic E-state index is 11.9. The Kier molecular flexibility index (Phi) is 5.05. The molecule has 1 heterocycles. The Morgan fingerprint density at radius 1 is 1.10 bits per heavy atom. The number of aromatic nitrogens is 1. The van der Waals surface area contributed by atoms with Gasteiger partial charge < -0.3 is 5.32 Å². The highest BCUT2D eigenvalue weighted by atomic mass is 127. The Morgan fingerprint density at radius 3 is 2.30 bits per heavy atom. The molecule has 0 aliphatic carbocycles. The summed E-state index contributed by atoms with van der Waals surface area (Å²) in [6.45, 7) is 4.56. The number of amides is 1. The SMILES string of the molecule is Cc1ccc(C)n1NC(=O)CCNc1ccc(I)cc1. The zero-order valence-electron chi connectivity index (χ0n) is 11.6. The maximum Gasteiger partial charge on any atom is 0.240 e. The third kappa shape index (κ3) is 4.00. The molecule has 2 rings (SSSR count). The fraction of sp³-hybridized carbons (Fsp3) is 0.267. The lowest BCUT2D eigenvalue weighted by Gasteiger charge is -2.12. The molecule has 0 spiro atoms. The van der Waals surface area contributed by atoms with Gasteiger partial charge in [-0.15, -0.1) is 0 Å². The van der Waals surface area contributed by atoms with Crippen LogP contribution in [-0.2, 0) is 4.79 Å². The van der Waals surface area contributed by atoms with Crippen LogP contribution in [0.3, 0.4) is 0 Å². The number of nitrogens with zero attached hydrogens (tertiary/aromatic N) is 1. The number of carbonyl (C=O) groups excluding carboxylic acids is 1. The van der Waals surface area contributed by atoms with Crippen molar-refractivity contribution in [3.8, 4) is 0 Å². The van der Waals surface area contributed by atoms with Crippen LogP contribution in [0.2, 0.25) is 0 Å². The quantitative estimate of drug-likeness (QED) is 0.779. The van der Waals surface area contributed by atoms with Crippen LogP contribution >= 0.6 is 22.6 Å². The lowest BCUT2D eigenvalue weighted by atomic mass is 10.3. The van der Waals surface area contributed by atoms with Gasteiger partial charge in [0.15, 0.2) is 0 Å². The summed E-state index contributed by atoms with van der Waals surface area (Å²) in [7, 11) is 0. The molecule has 1 aromatic carbocycles.